The third-order valence-corrected chi connectivity index (χ3v) is 5.30. The molecule has 170 valence electrons. The van der Waals surface area contributed by atoms with Crippen molar-refractivity contribution < 1.29 is 19.2 Å². The third-order valence-electron chi connectivity index (χ3n) is 4.49. The van der Waals surface area contributed by atoms with Crippen LogP contribution in [0.1, 0.15) is 16.7 Å². The molecule has 0 aliphatic heterocycles. The fourth-order valence-electron chi connectivity index (χ4n) is 2.92. The first kappa shape index (κ1) is 24.2. The summed E-state index contributed by atoms with van der Waals surface area (Å²) in [5.74, 6) is 0.306. The normalized spacial score (nSPS) is 10.8. The van der Waals surface area contributed by atoms with E-state index >= 15 is 0 Å². The summed E-state index contributed by atoms with van der Waals surface area (Å²) in [6.45, 7) is 0.304. The summed E-state index contributed by atoms with van der Waals surface area (Å²) in [6.07, 6.45) is 1.21. The second kappa shape index (κ2) is 11.4. The van der Waals surface area contributed by atoms with Crippen molar-refractivity contribution in [1.29, 1.82) is 0 Å². The maximum absolute atomic E-state index is 12.1. The van der Waals surface area contributed by atoms with Crippen molar-refractivity contribution in [2.75, 3.05) is 7.11 Å². The Kier molecular flexibility index (Phi) is 8.39. The predicted octanol–water partition coefficient (Wildman–Crippen LogP) is 5.29. The van der Waals surface area contributed by atoms with E-state index in [1.165, 1.54) is 25.5 Å². The van der Waals surface area contributed by atoms with Crippen LogP contribution in [0, 0.1) is 10.1 Å². The molecule has 0 aromatic heterocycles. The maximum Gasteiger partial charge on any atom is 0.273 e. The zero-order chi connectivity index (χ0) is 23.8. The van der Waals surface area contributed by atoms with E-state index in [-0.39, 0.29) is 12.1 Å². The molecule has 0 unspecified atom stereocenters. The number of nitro groups is 1. The number of carbonyl (C=O) groups is 1. The average molecular weight is 533 g/mol. The molecule has 0 spiro atoms. The third kappa shape index (κ3) is 6.77. The van der Waals surface area contributed by atoms with Crippen molar-refractivity contribution in [3.8, 4) is 11.5 Å². The zero-order valence-corrected chi connectivity index (χ0v) is 19.8. The molecule has 0 fully saturated rings. The summed E-state index contributed by atoms with van der Waals surface area (Å²) in [5.41, 5.74) is 4.07. The SMILES string of the molecule is COc1cc(/C=N/NC(=O)Cc2ccccc2[N+](=O)[O-])cc(Cl)c1OCc1ccc(Br)cc1. The lowest BCUT2D eigenvalue weighted by atomic mass is 10.1. The second-order valence-electron chi connectivity index (χ2n) is 6.81. The number of rotatable bonds is 9. The van der Waals surface area contributed by atoms with Crippen molar-refractivity contribution in [3.63, 3.8) is 0 Å². The van der Waals surface area contributed by atoms with Gasteiger partial charge in [-0.1, -0.05) is 57.9 Å². The van der Waals surface area contributed by atoms with E-state index in [9.17, 15) is 14.9 Å². The number of carbonyl (C=O) groups excluding carboxylic acids is 1. The summed E-state index contributed by atoms with van der Waals surface area (Å²) in [5, 5.41) is 15.3. The minimum absolute atomic E-state index is 0.119. The monoisotopic (exact) mass is 531 g/mol. The number of halogens is 2. The average Bonchev–Trinajstić information content (AvgIpc) is 2.79. The largest absolute Gasteiger partial charge is 0.493 e. The number of para-hydroxylation sites is 1. The number of nitrogens with one attached hydrogen (secondary N) is 1. The Morgan fingerprint density at radius 1 is 1.21 bits per heavy atom. The van der Waals surface area contributed by atoms with Gasteiger partial charge in [-0.15, -0.1) is 0 Å². The van der Waals surface area contributed by atoms with Crippen LogP contribution in [0.25, 0.3) is 0 Å². The van der Waals surface area contributed by atoms with Gasteiger partial charge < -0.3 is 9.47 Å². The molecule has 0 bridgehead atoms. The quantitative estimate of drug-likeness (QED) is 0.229. The van der Waals surface area contributed by atoms with Crippen LogP contribution < -0.4 is 14.9 Å². The summed E-state index contributed by atoms with van der Waals surface area (Å²) in [7, 11) is 1.49. The number of nitro benzene ring substituents is 1. The van der Waals surface area contributed by atoms with Crippen LogP contribution in [0.3, 0.4) is 0 Å². The fourth-order valence-corrected chi connectivity index (χ4v) is 3.46. The topological polar surface area (TPSA) is 103 Å². The van der Waals surface area contributed by atoms with Gasteiger partial charge in [0.25, 0.3) is 5.69 Å². The Hall–Kier alpha value is -3.43. The first-order valence-corrected chi connectivity index (χ1v) is 10.8. The first-order valence-electron chi connectivity index (χ1n) is 9.66. The molecule has 0 atom stereocenters. The summed E-state index contributed by atoms with van der Waals surface area (Å²) in [6, 6.07) is 17.0. The molecular weight excluding hydrogens is 514 g/mol. The van der Waals surface area contributed by atoms with E-state index in [2.05, 4.69) is 26.5 Å². The molecule has 3 rings (SSSR count). The van der Waals surface area contributed by atoms with Gasteiger partial charge in [0.05, 0.1) is 29.7 Å². The Bertz CT molecular complexity index is 1190. The molecule has 0 saturated heterocycles. The Morgan fingerprint density at radius 3 is 2.64 bits per heavy atom. The number of methoxy groups -OCH3 is 1. The predicted molar refractivity (Wildman–Crippen MR) is 129 cm³/mol. The molecule has 0 radical (unpaired) electrons. The van der Waals surface area contributed by atoms with Gasteiger partial charge in [0.15, 0.2) is 11.5 Å². The Morgan fingerprint density at radius 2 is 1.94 bits per heavy atom. The van der Waals surface area contributed by atoms with Crippen molar-refractivity contribution in [3.05, 3.63) is 97.0 Å². The van der Waals surface area contributed by atoms with Gasteiger partial charge in [0.1, 0.15) is 6.61 Å². The summed E-state index contributed by atoms with van der Waals surface area (Å²) < 4.78 is 12.2. The molecule has 0 aliphatic carbocycles. The van der Waals surface area contributed by atoms with Crippen LogP contribution in [0.15, 0.2) is 70.2 Å². The lowest BCUT2D eigenvalue weighted by Crippen LogP contribution is -2.20. The molecule has 0 heterocycles. The van der Waals surface area contributed by atoms with Gasteiger partial charge >= 0.3 is 0 Å². The molecule has 1 N–H and O–H groups in total. The molecule has 33 heavy (non-hydrogen) atoms. The van der Waals surface area contributed by atoms with Gasteiger partial charge in [0, 0.05) is 16.1 Å². The van der Waals surface area contributed by atoms with E-state index in [1.54, 1.807) is 24.3 Å². The van der Waals surface area contributed by atoms with Gasteiger partial charge in [-0.25, -0.2) is 5.43 Å². The molecule has 10 heteroatoms. The first-order chi connectivity index (χ1) is 15.9. The van der Waals surface area contributed by atoms with Crippen LogP contribution in [0.4, 0.5) is 5.69 Å². The van der Waals surface area contributed by atoms with Crippen molar-refractivity contribution in [1.82, 2.24) is 5.43 Å². The number of benzene rings is 3. The molecule has 0 saturated carbocycles. The van der Waals surface area contributed by atoms with Gasteiger partial charge in [-0.3, -0.25) is 14.9 Å². The van der Waals surface area contributed by atoms with E-state index < -0.39 is 10.8 Å². The minimum Gasteiger partial charge on any atom is -0.493 e. The molecule has 1 amide bonds. The van der Waals surface area contributed by atoms with Gasteiger partial charge in [0.2, 0.25) is 5.91 Å². The van der Waals surface area contributed by atoms with E-state index in [0.717, 1.165) is 10.0 Å². The highest BCUT2D eigenvalue weighted by molar-refractivity contribution is 9.10. The highest BCUT2D eigenvalue weighted by Gasteiger charge is 2.15. The van der Waals surface area contributed by atoms with Crippen LogP contribution in [-0.4, -0.2) is 24.2 Å². The second-order valence-corrected chi connectivity index (χ2v) is 8.13. The van der Waals surface area contributed by atoms with Gasteiger partial charge in [-0.2, -0.15) is 5.10 Å². The Balaban J connectivity index is 1.65. The maximum atomic E-state index is 12.1. The van der Waals surface area contributed by atoms with Crippen LogP contribution >= 0.6 is 27.5 Å². The molecule has 0 aliphatic rings. The highest BCUT2D eigenvalue weighted by Crippen LogP contribution is 2.36. The molecular formula is C23H19BrClN3O5. The molecule has 8 nitrogen and oxygen atoms in total. The number of hydrazone groups is 1. The number of hydrogen-bond acceptors (Lipinski definition) is 6. The smallest absolute Gasteiger partial charge is 0.273 e. The number of ether oxygens (including phenoxy) is 2. The van der Waals surface area contributed by atoms with Gasteiger partial charge in [-0.05, 0) is 35.4 Å². The fraction of sp³-hybridized carbons (Fsp3) is 0.130. The summed E-state index contributed by atoms with van der Waals surface area (Å²) in [4.78, 5) is 22.7. The number of amides is 1. The number of nitrogens with zero attached hydrogens (tertiary/aromatic N) is 2. The van der Waals surface area contributed by atoms with Crippen LogP contribution in [0.2, 0.25) is 5.02 Å². The van der Waals surface area contributed by atoms with E-state index in [1.807, 2.05) is 24.3 Å². The van der Waals surface area contributed by atoms with Crippen molar-refractivity contribution >= 4 is 45.3 Å². The van der Waals surface area contributed by atoms with Crippen LogP contribution in [0.5, 0.6) is 11.5 Å². The van der Waals surface area contributed by atoms with E-state index in [4.69, 9.17) is 21.1 Å². The summed E-state index contributed by atoms with van der Waals surface area (Å²) >= 11 is 9.77. The molecule has 3 aromatic rings. The lowest BCUT2D eigenvalue weighted by Gasteiger charge is -2.13. The lowest BCUT2D eigenvalue weighted by molar-refractivity contribution is -0.385. The number of hydrogen-bond donors (Lipinski definition) is 1. The van der Waals surface area contributed by atoms with Crippen molar-refractivity contribution in [2.24, 2.45) is 5.10 Å². The van der Waals surface area contributed by atoms with Crippen molar-refractivity contribution in [2.45, 2.75) is 13.0 Å². The van der Waals surface area contributed by atoms with Crippen LogP contribution in [-0.2, 0) is 17.8 Å². The standard InChI is InChI=1S/C23H19BrClN3O5/c1-32-21-11-16(10-19(25)23(21)33-14-15-6-8-18(24)9-7-15)13-26-27-22(29)12-17-4-2-3-5-20(17)28(30)31/h2-11,13H,12,14H2,1H3,(H,27,29)/b26-13+. The zero-order valence-electron chi connectivity index (χ0n) is 17.5. The van der Waals surface area contributed by atoms with E-state index in [0.29, 0.717) is 34.3 Å². The highest BCUT2D eigenvalue weighted by atomic mass is 79.9. The molecule has 3 aromatic carbocycles. The Labute approximate surface area is 203 Å². The minimum atomic E-state index is -0.527.